The van der Waals surface area contributed by atoms with E-state index >= 15 is 4.39 Å². The van der Waals surface area contributed by atoms with Crippen LogP contribution in [-0.4, -0.2) is 52.5 Å². The number of nitrogens with two attached hydrogens (primary N) is 1. The van der Waals surface area contributed by atoms with E-state index in [-0.39, 0.29) is 11.7 Å². The fourth-order valence-corrected chi connectivity index (χ4v) is 4.31. The number of imidazole rings is 1. The third-order valence-corrected chi connectivity index (χ3v) is 5.76. The minimum Gasteiger partial charge on any atom is -0.387 e. The second kappa shape index (κ2) is 8.25. The summed E-state index contributed by atoms with van der Waals surface area (Å²) in [6.45, 7) is 6.14. The molecule has 5 rings (SSSR count). The van der Waals surface area contributed by atoms with Gasteiger partial charge in [-0.1, -0.05) is 18.2 Å². The van der Waals surface area contributed by atoms with Crippen LogP contribution in [0.2, 0.25) is 0 Å². The predicted molar refractivity (Wildman–Crippen MR) is 128 cm³/mol. The van der Waals surface area contributed by atoms with Gasteiger partial charge in [-0.15, -0.1) is 0 Å². The number of nitrogens with one attached hydrogen (secondary N) is 1. The molecule has 0 bridgehead atoms. The Labute approximate surface area is 190 Å². The summed E-state index contributed by atoms with van der Waals surface area (Å²) < 4.78 is 22.6. The molecule has 2 aromatic carbocycles. The third-order valence-electron chi connectivity index (χ3n) is 5.76. The lowest BCUT2D eigenvalue weighted by Crippen LogP contribution is -2.36. The zero-order valence-corrected chi connectivity index (χ0v) is 18.5. The van der Waals surface area contributed by atoms with E-state index in [0.29, 0.717) is 52.2 Å². The molecule has 0 radical (unpaired) electrons. The van der Waals surface area contributed by atoms with Crippen LogP contribution in [-0.2, 0) is 4.74 Å². The SMILES string of the molecule is CC(N)=NC(=N)c1cc(N2CCOCC2)cc2c1nc(C)n2-c1c(F)cnc2ccccc12. The third kappa shape index (κ3) is 3.70. The molecule has 1 saturated heterocycles. The molecule has 4 aromatic rings. The number of hydrogen-bond acceptors (Lipinski definition) is 5. The summed E-state index contributed by atoms with van der Waals surface area (Å²) in [5.74, 6) is 0.453. The maximum Gasteiger partial charge on any atom is 0.166 e. The average molecular weight is 446 g/mol. The summed E-state index contributed by atoms with van der Waals surface area (Å²) >= 11 is 0. The van der Waals surface area contributed by atoms with Crippen LogP contribution in [0.3, 0.4) is 0 Å². The summed E-state index contributed by atoms with van der Waals surface area (Å²) in [4.78, 5) is 15.3. The van der Waals surface area contributed by atoms with Gasteiger partial charge in [-0.3, -0.25) is 15.0 Å². The number of halogens is 1. The van der Waals surface area contributed by atoms with Gasteiger partial charge in [-0.25, -0.2) is 14.4 Å². The number of aromatic nitrogens is 3. The fraction of sp³-hybridized carbons (Fsp3) is 0.250. The van der Waals surface area contributed by atoms with Crippen molar-refractivity contribution in [2.75, 3.05) is 31.2 Å². The van der Waals surface area contributed by atoms with Gasteiger partial charge >= 0.3 is 0 Å². The van der Waals surface area contributed by atoms with E-state index in [0.717, 1.165) is 18.8 Å². The summed E-state index contributed by atoms with van der Waals surface area (Å²) in [5, 5.41) is 9.25. The molecule has 2 aromatic heterocycles. The van der Waals surface area contributed by atoms with Gasteiger partial charge in [0.05, 0.1) is 42.0 Å². The van der Waals surface area contributed by atoms with E-state index in [1.165, 1.54) is 6.20 Å². The largest absolute Gasteiger partial charge is 0.387 e. The number of hydrogen-bond donors (Lipinski definition) is 2. The van der Waals surface area contributed by atoms with Crippen molar-refractivity contribution in [3.8, 4) is 5.69 Å². The van der Waals surface area contributed by atoms with Crippen LogP contribution in [0.1, 0.15) is 18.3 Å². The first kappa shape index (κ1) is 21.0. The first-order valence-electron chi connectivity index (χ1n) is 10.7. The zero-order chi connectivity index (χ0) is 23.1. The molecule has 0 saturated carbocycles. The maximum atomic E-state index is 15.3. The Kier molecular flexibility index (Phi) is 5.26. The van der Waals surface area contributed by atoms with E-state index in [1.807, 2.05) is 43.3 Å². The van der Waals surface area contributed by atoms with E-state index < -0.39 is 5.82 Å². The van der Waals surface area contributed by atoms with Gasteiger partial charge in [0, 0.05) is 29.7 Å². The number of fused-ring (bicyclic) bond motifs is 2. The van der Waals surface area contributed by atoms with E-state index in [2.05, 4.69) is 14.9 Å². The zero-order valence-electron chi connectivity index (χ0n) is 18.5. The van der Waals surface area contributed by atoms with Crippen LogP contribution < -0.4 is 10.6 Å². The van der Waals surface area contributed by atoms with Gasteiger partial charge in [-0.2, -0.15) is 0 Å². The molecule has 1 aliphatic heterocycles. The molecule has 3 N–H and O–H groups in total. The number of aryl methyl sites for hydroxylation is 1. The van der Waals surface area contributed by atoms with E-state index in [9.17, 15) is 0 Å². The van der Waals surface area contributed by atoms with Crippen molar-refractivity contribution in [1.29, 1.82) is 5.41 Å². The van der Waals surface area contributed by atoms with Gasteiger partial charge in [0.15, 0.2) is 11.7 Å². The van der Waals surface area contributed by atoms with Gasteiger partial charge in [0.1, 0.15) is 11.3 Å². The lowest BCUT2D eigenvalue weighted by molar-refractivity contribution is 0.122. The van der Waals surface area contributed by atoms with Crippen LogP contribution in [0.5, 0.6) is 0 Å². The van der Waals surface area contributed by atoms with Crippen molar-refractivity contribution >= 4 is 39.3 Å². The number of para-hydroxylation sites is 1. The number of anilines is 1. The average Bonchev–Trinajstić information content (AvgIpc) is 3.14. The van der Waals surface area contributed by atoms with Crippen molar-refractivity contribution in [2.24, 2.45) is 10.7 Å². The molecule has 8 nitrogen and oxygen atoms in total. The highest BCUT2D eigenvalue weighted by Crippen LogP contribution is 2.33. The number of morpholine rings is 1. The van der Waals surface area contributed by atoms with Crippen molar-refractivity contribution in [3.05, 3.63) is 59.8 Å². The highest BCUT2D eigenvalue weighted by Gasteiger charge is 2.22. The standard InChI is InChI=1S/C24H24FN7O/c1-14(26)29-24(27)18-11-16(31-7-9-33-10-8-31)12-21-22(18)30-15(2)32(21)23-17-5-3-4-6-20(17)28-13-19(23)25/h3-6,11-13H,7-10H2,1-2H3,(H3,26,27,29). The van der Waals surface area contributed by atoms with Crippen LogP contribution in [0.15, 0.2) is 47.6 Å². The Balaban J connectivity index is 1.83. The summed E-state index contributed by atoms with van der Waals surface area (Å²) in [6.07, 6.45) is 1.24. The Morgan fingerprint density at radius 1 is 1.21 bits per heavy atom. The molecular weight excluding hydrogens is 421 g/mol. The molecule has 0 amide bonds. The Morgan fingerprint density at radius 2 is 1.97 bits per heavy atom. The van der Waals surface area contributed by atoms with Gasteiger partial charge < -0.3 is 15.4 Å². The van der Waals surface area contributed by atoms with Crippen LogP contribution in [0.25, 0.3) is 27.6 Å². The monoisotopic (exact) mass is 445 g/mol. The molecule has 1 aliphatic rings. The molecule has 9 heteroatoms. The minimum atomic E-state index is -0.444. The Bertz CT molecular complexity index is 1420. The first-order valence-corrected chi connectivity index (χ1v) is 10.7. The van der Waals surface area contributed by atoms with Crippen molar-refractivity contribution in [3.63, 3.8) is 0 Å². The van der Waals surface area contributed by atoms with Gasteiger partial charge in [0.2, 0.25) is 0 Å². The lowest BCUT2D eigenvalue weighted by atomic mass is 10.1. The lowest BCUT2D eigenvalue weighted by Gasteiger charge is -2.29. The first-order chi connectivity index (χ1) is 15.9. The molecule has 0 aliphatic carbocycles. The number of pyridine rings is 1. The number of benzene rings is 2. The smallest absolute Gasteiger partial charge is 0.166 e. The highest BCUT2D eigenvalue weighted by atomic mass is 19.1. The molecule has 3 heterocycles. The molecule has 33 heavy (non-hydrogen) atoms. The number of nitrogens with zero attached hydrogens (tertiary/aromatic N) is 5. The van der Waals surface area contributed by atoms with Crippen molar-refractivity contribution in [1.82, 2.24) is 14.5 Å². The van der Waals surface area contributed by atoms with Crippen LogP contribution in [0.4, 0.5) is 10.1 Å². The quantitative estimate of drug-likeness (QED) is 0.371. The highest BCUT2D eigenvalue weighted by molar-refractivity contribution is 6.12. The van der Waals surface area contributed by atoms with Crippen molar-refractivity contribution < 1.29 is 9.13 Å². The molecule has 0 unspecified atom stereocenters. The number of aliphatic imine (C=N–C) groups is 1. The summed E-state index contributed by atoms with van der Waals surface area (Å²) in [7, 11) is 0. The van der Waals surface area contributed by atoms with E-state index in [1.54, 1.807) is 11.5 Å². The maximum absolute atomic E-state index is 15.3. The molecule has 168 valence electrons. The molecule has 0 atom stereocenters. The van der Waals surface area contributed by atoms with Gasteiger partial charge in [-0.05, 0) is 32.0 Å². The molecule has 0 spiro atoms. The molecular formula is C24H24FN7O. The number of amidine groups is 2. The normalized spacial score (nSPS) is 14.9. The number of ether oxygens (including phenoxy) is 1. The Morgan fingerprint density at radius 3 is 2.73 bits per heavy atom. The van der Waals surface area contributed by atoms with E-state index in [4.69, 9.17) is 20.9 Å². The van der Waals surface area contributed by atoms with Gasteiger partial charge in [0.25, 0.3) is 0 Å². The summed E-state index contributed by atoms with van der Waals surface area (Å²) in [5.41, 5.74) is 9.54. The Hall–Kier alpha value is -3.85. The predicted octanol–water partition coefficient (Wildman–Crippen LogP) is 3.56. The minimum absolute atomic E-state index is 0.0137. The summed E-state index contributed by atoms with van der Waals surface area (Å²) in [6, 6.07) is 11.3. The second-order valence-electron chi connectivity index (χ2n) is 8.03. The topological polar surface area (TPSA) is 105 Å². The van der Waals surface area contributed by atoms with Crippen molar-refractivity contribution in [2.45, 2.75) is 13.8 Å². The number of rotatable bonds is 3. The van der Waals surface area contributed by atoms with Crippen LogP contribution >= 0.6 is 0 Å². The molecule has 1 fully saturated rings. The van der Waals surface area contributed by atoms with Crippen LogP contribution in [0, 0.1) is 18.2 Å². The fourth-order valence-electron chi connectivity index (χ4n) is 4.31. The second-order valence-corrected chi connectivity index (χ2v) is 8.03.